The van der Waals surface area contributed by atoms with Crippen LogP contribution in [0.4, 0.5) is 5.69 Å². The van der Waals surface area contributed by atoms with Gasteiger partial charge in [0.25, 0.3) is 0 Å². The maximum Gasteiger partial charge on any atom is 0.240 e. The molecule has 0 radical (unpaired) electrons. The van der Waals surface area contributed by atoms with Crippen LogP contribution in [0.5, 0.6) is 0 Å². The molecule has 0 fully saturated rings. The molecule has 0 aliphatic carbocycles. The molecule has 13 heavy (non-hydrogen) atoms. The van der Waals surface area contributed by atoms with Crippen molar-refractivity contribution in [2.24, 2.45) is 0 Å². The number of nitrogens with zero attached hydrogens (tertiary/aromatic N) is 1. The molecule has 1 aromatic carbocycles. The van der Waals surface area contributed by atoms with Gasteiger partial charge in [0.05, 0.1) is 6.54 Å². The van der Waals surface area contributed by atoms with E-state index in [-0.39, 0.29) is 5.91 Å². The second kappa shape index (κ2) is 4.62. The highest BCUT2D eigenvalue weighted by atomic mass is 16.2. The summed E-state index contributed by atoms with van der Waals surface area (Å²) in [5.74, 6) is 0.0636. The van der Waals surface area contributed by atoms with Crippen molar-refractivity contribution in [1.29, 1.82) is 0 Å². The van der Waals surface area contributed by atoms with Gasteiger partial charge in [0.2, 0.25) is 5.91 Å². The van der Waals surface area contributed by atoms with Crippen LogP contribution in [0.15, 0.2) is 30.3 Å². The number of amides is 1. The molecule has 0 atom stereocenters. The van der Waals surface area contributed by atoms with Crippen LogP contribution in [-0.4, -0.2) is 26.5 Å². The molecule has 1 amide bonds. The zero-order valence-corrected chi connectivity index (χ0v) is 7.95. The van der Waals surface area contributed by atoms with Crippen molar-refractivity contribution < 1.29 is 4.79 Å². The Labute approximate surface area is 78.4 Å². The summed E-state index contributed by atoms with van der Waals surface area (Å²) in [6, 6.07) is 9.58. The second-order valence-corrected chi connectivity index (χ2v) is 2.82. The van der Waals surface area contributed by atoms with Crippen molar-refractivity contribution in [3.63, 3.8) is 0 Å². The molecule has 70 valence electrons. The molecule has 1 N–H and O–H groups in total. The molecule has 3 heteroatoms. The van der Waals surface area contributed by atoms with Crippen LogP contribution < -0.4 is 10.2 Å². The lowest BCUT2D eigenvalue weighted by molar-refractivity contribution is -0.117. The summed E-state index contributed by atoms with van der Waals surface area (Å²) in [5, 5.41) is 2.83. The van der Waals surface area contributed by atoms with Gasteiger partial charge in [0, 0.05) is 12.7 Å². The van der Waals surface area contributed by atoms with Crippen LogP contribution >= 0.6 is 0 Å². The number of nitrogens with one attached hydrogen (secondary N) is 1. The molecule has 0 saturated carbocycles. The first-order valence-electron chi connectivity index (χ1n) is 4.22. The summed E-state index contributed by atoms with van der Waals surface area (Å²) in [7, 11) is 3.53. The fourth-order valence-electron chi connectivity index (χ4n) is 1.07. The molecular formula is C10H14N2O. The van der Waals surface area contributed by atoms with Crippen LogP contribution in [0, 0.1) is 0 Å². The van der Waals surface area contributed by atoms with Gasteiger partial charge in [-0.1, -0.05) is 18.2 Å². The zero-order chi connectivity index (χ0) is 9.68. The van der Waals surface area contributed by atoms with Crippen molar-refractivity contribution in [2.45, 2.75) is 0 Å². The SMILES string of the molecule is CNCC(=O)N(C)c1ccccc1. The Balaban J connectivity index is 2.68. The highest BCUT2D eigenvalue weighted by molar-refractivity contribution is 5.94. The number of benzene rings is 1. The standard InChI is InChI=1S/C10H14N2O/c1-11-8-10(13)12(2)9-6-4-3-5-7-9/h3-7,11H,8H2,1-2H3. The summed E-state index contributed by atoms with van der Waals surface area (Å²) >= 11 is 0. The zero-order valence-electron chi connectivity index (χ0n) is 7.95. The Kier molecular flexibility index (Phi) is 3.46. The summed E-state index contributed by atoms with van der Waals surface area (Å²) in [4.78, 5) is 13.0. The third-order valence-electron chi connectivity index (χ3n) is 1.85. The monoisotopic (exact) mass is 178 g/mol. The maximum absolute atomic E-state index is 11.4. The van der Waals surface area contributed by atoms with Gasteiger partial charge in [-0.05, 0) is 19.2 Å². The van der Waals surface area contributed by atoms with Gasteiger partial charge in [-0.15, -0.1) is 0 Å². The van der Waals surface area contributed by atoms with Crippen molar-refractivity contribution in [3.05, 3.63) is 30.3 Å². The minimum Gasteiger partial charge on any atom is -0.314 e. The van der Waals surface area contributed by atoms with Crippen molar-refractivity contribution in [2.75, 3.05) is 25.5 Å². The summed E-state index contributed by atoms with van der Waals surface area (Å²) in [6.45, 7) is 0.366. The largest absolute Gasteiger partial charge is 0.314 e. The first-order chi connectivity index (χ1) is 6.25. The minimum absolute atomic E-state index is 0.0636. The van der Waals surface area contributed by atoms with Crippen molar-refractivity contribution in [1.82, 2.24) is 5.32 Å². The average molecular weight is 178 g/mol. The van der Waals surface area contributed by atoms with Gasteiger partial charge in [0.1, 0.15) is 0 Å². The quantitative estimate of drug-likeness (QED) is 0.744. The van der Waals surface area contributed by atoms with E-state index in [0.717, 1.165) is 5.69 Å². The average Bonchev–Trinajstić information content (AvgIpc) is 2.18. The second-order valence-electron chi connectivity index (χ2n) is 2.82. The fraction of sp³-hybridized carbons (Fsp3) is 0.300. The van der Waals surface area contributed by atoms with E-state index < -0.39 is 0 Å². The highest BCUT2D eigenvalue weighted by Crippen LogP contribution is 2.10. The number of carbonyl (C=O) groups is 1. The molecule has 3 nitrogen and oxygen atoms in total. The van der Waals surface area contributed by atoms with E-state index in [2.05, 4.69) is 5.32 Å². The molecule has 0 unspecified atom stereocenters. The predicted octanol–water partition coefficient (Wildman–Crippen LogP) is 0.869. The molecule has 0 saturated heterocycles. The van der Waals surface area contributed by atoms with Gasteiger partial charge >= 0.3 is 0 Å². The molecule has 0 aromatic heterocycles. The first-order valence-corrected chi connectivity index (χ1v) is 4.22. The third kappa shape index (κ3) is 2.56. The van der Waals surface area contributed by atoms with E-state index in [0.29, 0.717) is 6.54 Å². The van der Waals surface area contributed by atoms with Gasteiger partial charge in [-0.3, -0.25) is 4.79 Å². The van der Waals surface area contributed by atoms with Crippen molar-refractivity contribution >= 4 is 11.6 Å². The van der Waals surface area contributed by atoms with Crippen LogP contribution in [0.25, 0.3) is 0 Å². The number of hydrogen-bond acceptors (Lipinski definition) is 2. The molecule has 0 spiro atoms. The smallest absolute Gasteiger partial charge is 0.240 e. The molecule has 1 aromatic rings. The summed E-state index contributed by atoms with van der Waals surface area (Å²) < 4.78 is 0. The fourth-order valence-corrected chi connectivity index (χ4v) is 1.07. The topological polar surface area (TPSA) is 32.3 Å². The van der Waals surface area contributed by atoms with Gasteiger partial charge in [0.15, 0.2) is 0 Å². The Morgan fingerprint density at radius 3 is 2.54 bits per heavy atom. The number of carbonyl (C=O) groups excluding carboxylic acids is 1. The van der Waals surface area contributed by atoms with Crippen LogP contribution in [0.3, 0.4) is 0 Å². The lowest BCUT2D eigenvalue weighted by Crippen LogP contribution is -2.33. The normalized spacial score (nSPS) is 9.69. The van der Waals surface area contributed by atoms with E-state index in [9.17, 15) is 4.79 Å². The first kappa shape index (κ1) is 9.74. The Morgan fingerprint density at radius 1 is 1.38 bits per heavy atom. The van der Waals surface area contributed by atoms with Crippen LogP contribution in [0.1, 0.15) is 0 Å². The Bertz CT molecular complexity index is 272. The number of anilines is 1. The number of para-hydroxylation sites is 1. The maximum atomic E-state index is 11.4. The van der Waals surface area contributed by atoms with Gasteiger partial charge in [-0.2, -0.15) is 0 Å². The van der Waals surface area contributed by atoms with E-state index >= 15 is 0 Å². The predicted molar refractivity (Wildman–Crippen MR) is 53.8 cm³/mol. The van der Waals surface area contributed by atoms with E-state index in [1.807, 2.05) is 30.3 Å². The van der Waals surface area contributed by atoms with E-state index in [1.54, 1.807) is 19.0 Å². The van der Waals surface area contributed by atoms with Crippen molar-refractivity contribution in [3.8, 4) is 0 Å². The molecule has 0 aliphatic heterocycles. The lowest BCUT2D eigenvalue weighted by atomic mass is 10.3. The summed E-state index contributed by atoms with van der Waals surface area (Å²) in [5.41, 5.74) is 0.919. The number of likely N-dealkylation sites (N-methyl/N-ethyl adjacent to an activating group) is 2. The summed E-state index contributed by atoms with van der Waals surface area (Å²) in [6.07, 6.45) is 0. The van der Waals surface area contributed by atoms with Gasteiger partial charge in [-0.25, -0.2) is 0 Å². The molecular weight excluding hydrogens is 164 g/mol. The number of rotatable bonds is 3. The molecule has 0 aliphatic rings. The molecule has 1 rings (SSSR count). The molecule has 0 heterocycles. The molecule has 0 bridgehead atoms. The van der Waals surface area contributed by atoms with Crippen LogP contribution in [-0.2, 0) is 4.79 Å². The van der Waals surface area contributed by atoms with E-state index in [4.69, 9.17) is 0 Å². The minimum atomic E-state index is 0.0636. The number of hydrogen-bond donors (Lipinski definition) is 1. The van der Waals surface area contributed by atoms with E-state index in [1.165, 1.54) is 0 Å². The lowest BCUT2D eigenvalue weighted by Gasteiger charge is -2.16. The highest BCUT2D eigenvalue weighted by Gasteiger charge is 2.07. The Hall–Kier alpha value is -1.35. The Morgan fingerprint density at radius 2 is 2.00 bits per heavy atom. The van der Waals surface area contributed by atoms with Gasteiger partial charge < -0.3 is 10.2 Å². The third-order valence-corrected chi connectivity index (χ3v) is 1.85. The van der Waals surface area contributed by atoms with Crippen LogP contribution in [0.2, 0.25) is 0 Å².